The molecule has 0 amide bonds. The van der Waals surface area contributed by atoms with Crippen molar-refractivity contribution in [3.63, 3.8) is 0 Å². The van der Waals surface area contributed by atoms with Crippen LogP contribution in [0, 0.1) is 0 Å². The zero-order chi connectivity index (χ0) is 16.8. The first kappa shape index (κ1) is 16.5. The number of aromatic hydroxyl groups is 1. The summed E-state index contributed by atoms with van der Waals surface area (Å²) < 4.78 is 9.84. The minimum Gasteiger partial charge on any atom is -0.505 e. The highest BCUT2D eigenvalue weighted by Gasteiger charge is 2.26. The van der Waals surface area contributed by atoms with Gasteiger partial charge in [0.2, 0.25) is 0 Å². The van der Waals surface area contributed by atoms with E-state index in [1.165, 1.54) is 0 Å². The molecular weight excluding hydrogens is 300 g/mol. The van der Waals surface area contributed by atoms with Gasteiger partial charge < -0.3 is 19.6 Å². The van der Waals surface area contributed by atoms with Crippen LogP contribution in [0.5, 0.6) is 5.75 Å². The predicted molar refractivity (Wildman–Crippen MR) is 82.0 cm³/mol. The van der Waals surface area contributed by atoms with Gasteiger partial charge in [-0.3, -0.25) is 9.78 Å². The fourth-order valence-electron chi connectivity index (χ4n) is 2.15. The monoisotopic (exact) mass is 318 g/mol. The first-order chi connectivity index (χ1) is 11.1. The lowest BCUT2D eigenvalue weighted by atomic mass is 10.1. The normalized spacial score (nSPS) is 10.3. The van der Waals surface area contributed by atoms with E-state index in [2.05, 4.69) is 9.97 Å². The zero-order valence-electron chi connectivity index (χ0n) is 13.0. The highest BCUT2D eigenvalue weighted by molar-refractivity contribution is 5.97. The molecule has 0 atom stereocenters. The molecule has 7 heteroatoms. The molecule has 2 aromatic heterocycles. The number of nitrogens with zero attached hydrogens (tertiary/aromatic N) is 1. The lowest BCUT2D eigenvalue weighted by Crippen LogP contribution is -2.12. The van der Waals surface area contributed by atoms with Crippen molar-refractivity contribution in [1.29, 1.82) is 0 Å². The number of nitrogens with one attached hydrogen (secondary N) is 1. The molecule has 0 aliphatic rings. The molecule has 0 aliphatic heterocycles. The molecule has 0 spiro atoms. The van der Waals surface area contributed by atoms with Crippen molar-refractivity contribution in [2.24, 2.45) is 0 Å². The molecule has 0 unspecified atom stereocenters. The number of H-pyrrole nitrogens is 1. The second kappa shape index (κ2) is 7.44. The highest BCUT2D eigenvalue weighted by atomic mass is 16.5. The van der Waals surface area contributed by atoms with Crippen LogP contribution in [0.1, 0.15) is 29.9 Å². The Bertz CT molecular complexity index is 694. The van der Waals surface area contributed by atoms with E-state index in [1.807, 2.05) is 0 Å². The topological polar surface area (TPSA) is 102 Å². The third-order valence-corrected chi connectivity index (χ3v) is 3.08. The van der Waals surface area contributed by atoms with Gasteiger partial charge in [-0.1, -0.05) is 6.07 Å². The Labute approximate surface area is 133 Å². The summed E-state index contributed by atoms with van der Waals surface area (Å²) in [6, 6.07) is 5.15. The van der Waals surface area contributed by atoms with E-state index in [0.29, 0.717) is 5.69 Å². The quantitative estimate of drug-likeness (QED) is 0.791. The van der Waals surface area contributed by atoms with E-state index in [0.717, 1.165) is 0 Å². The first-order valence-electron chi connectivity index (χ1n) is 7.26. The summed E-state index contributed by atoms with van der Waals surface area (Å²) in [5.74, 6) is -1.50. The number of carbonyl (C=O) groups is 2. The van der Waals surface area contributed by atoms with Gasteiger partial charge in [-0.25, -0.2) is 4.79 Å². The van der Waals surface area contributed by atoms with Crippen molar-refractivity contribution in [1.82, 2.24) is 9.97 Å². The van der Waals surface area contributed by atoms with Crippen LogP contribution in [0.3, 0.4) is 0 Å². The summed E-state index contributed by atoms with van der Waals surface area (Å²) in [6.07, 6.45) is 1.38. The Balaban J connectivity index is 2.46. The zero-order valence-corrected chi connectivity index (χ0v) is 13.0. The summed E-state index contributed by atoms with van der Waals surface area (Å²) in [7, 11) is 0. The van der Waals surface area contributed by atoms with Crippen LogP contribution in [-0.2, 0) is 20.7 Å². The SMILES string of the molecule is CCOC(=O)Cc1[nH]c(-c2ccccn2)c(O)c1C(=O)OCC. The molecule has 0 aliphatic carbocycles. The molecule has 0 fully saturated rings. The molecular formula is C16H18N2O5. The third kappa shape index (κ3) is 3.68. The summed E-state index contributed by atoms with van der Waals surface area (Å²) in [5.41, 5.74) is 0.874. The van der Waals surface area contributed by atoms with E-state index in [1.54, 1.807) is 38.2 Å². The van der Waals surface area contributed by atoms with Crippen molar-refractivity contribution in [2.75, 3.05) is 13.2 Å². The van der Waals surface area contributed by atoms with Gasteiger partial charge in [-0.2, -0.15) is 0 Å². The lowest BCUT2D eigenvalue weighted by Gasteiger charge is -2.04. The highest BCUT2D eigenvalue weighted by Crippen LogP contribution is 2.34. The Morgan fingerprint density at radius 1 is 1.22 bits per heavy atom. The van der Waals surface area contributed by atoms with Gasteiger partial charge in [0.25, 0.3) is 0 Å². The van der Waals surface area contributed by atoms with Crippen molar-refractivity contribution in [3.8, 4) is 17.1 Å². The number of pyridine rings is 1. The number of esters is 2. The maximum atomic E-state index is 12.1. The molecule has 7 nitrogen and oxygen atoms in total. The molecule has 0 saturated carbocycles. The van der Waals surface area contributed by atoms with Gasteiger partial charge in [0.05, 0.1) is 25.3 Å². The number of hydrogen-bond donors (Lipinski definition) is 2. The molecule has 2 rings (SSSR count). The Hall–Kier alpha value is -2.83. The summed E-state index contributed by atoms with van der Waals surface area (Å²) in [5, 5.41) is 10.4. The lowest BCUT2D eigenvalue weighted by molar-refractivity contribution is -0.142. The van der Waals surface area contributed by atoms with Crippen LogP contribution >= 0.6 is 0 Å². The van der Waals surface area contributed by atoms with Crippen LogP contribution in [0.25, 0.3) is 11.4 Å². The molecule has 0 aromatic carbocycles. The minimum atomic E-state index is -0.706. The molecule has 0 bridgehead atoms. The largest absolute Gasteiger partial charge is 0.505 e. The van der Waals surface area contributed by atoms with E-state index in [4.69, 9.17) is 9.47 Å². The second-order valence-corrected chi connectivity index (χ2v) is 4.62. The molecule has 2 aromatic rings. The second-order valence-electron chi connectivity index (χ2n) is 4.62. The van der Waals surface area contributed by atoms with Gasteiger partial charge in [0.1, 0.15) is 11.3 Å². The van der Waals surface area contributed by atoms with Crippen LogP contribution in [0.2, 0.25) is 0 Å². The standard InChI is InChI=1S/C16H18N2O5/c1-3-22-12(19)9-11-13(16(21)23-4-2)15(20)14(18-11)10-7-5-6-8-17-10/h5-8,18,20H,3-4,9H2,1-2H3. The number of hydrogen-bond acceptors (Lipinski definition) is 6. The van der Waals surface area contributed by atoms with Crippen molar-refractivity contribution < 1.29 is 24.2 Å². The fraction of sp³-hybridized carbons (Fsp3) is 0.312. The van der Waals surface area contributed by atoms with Crippen LogP contribution in [0.4, 0.5) is 0 Å². The summed E-state index contributed by atoms with van der Waals surface area (Å²) in [4.78, 5) is 30.8. The Morgan fingerprint density at radius 3 is 2.57 bits per heavy atom. The van der Waals surface area contributed by atoms with Gasteiger partial charge in [-0.15, -0.1) is 0 Å². The Kier molecular flexibility index (Phi) is 5.35. The number of aromatic nitrogens is 2. The van der Waals surface area contributed by atoms with E-state index in [-0.39, 0.29) is 42.3 Å². The number of ether oxygens (including phenoxy) is 2. The average molecular weight is 318 g/mol. The third-order valence-electron chi connectivity index (χ3n) is 3.08. The Morgan fingerprint density at radius 2 is 1.96 bits per heavy atom. The van der Waals surface area contributed by atoms with E-state index >= 15 is 0 Å². The average Bonchev–Trinajstić information content (AvgIpc) is 2.85. The smallest absolute Gasteiger partial charge is 0.343 e. The first-order valence-corrected chi connectivity index (χ1v) is 7.26. The molecule has 122 valence electrons. The number of rotatable bonds is 6. The number of carbonyl (C=O) groups excluding carboxylic acids is 2. The molecule has 23 heavy (non-hydrogen) atoms. The maximum absolute atomic E-state index is 12.1. The van der Waals surface area contributed by atoms with Gasteiger partial charge in [0.15, 0.2) is 5.75 Å². The molecule has 0 saturated heterocycles. The molecule has 0 radical (unpaired) electrons. The van der Waals surface area contributed by atoms with Gasteiger partial charge in [-0.05, 0) is 26.0 Å². The molecule has 2 heterocycles. The van der Waals surface area contributed by atoms with Crippen LogP contribution in [0.15, 0.2) is 24.4 Å². The van der Waals surface area contributed by atoms with Crippen LogP contribution < -0.4 is 0 Å². The van der Waals surface area contributed by atoms with Crippen molar-refractivity contribution >= 4 is 11.9 Å². The molecule has 2 N–H and O–H groups in total. The fourth-order valence-corrected chi connectivity index (χ4v) is 2.15. The summed E-state index contributed by atoms with van der Waals surface area (Å²) in [6.45, 7) is 3.73. The van der Waals surface area contributed by atoms with Gasteiger partial charge >= 0.3 is 11.9 Å². The minimum absolute atomic E-state index is 0.0689. The van der Waals surface area contributed by atoms with Crippen molar-refractivity contribution in [2.45, 2.75) is 20.3 Å². The van der Waals surface area contributed by atoms with E-state index < -0.39 is 11.9 Å². The van der Waals surface area contributed by atoms with Crippen molar-refractivity contribution in [3.05, 3.63) is 35.7 Å². The summed E-state index contributed by atoms with van der Waals surface area (Å²) >= 11 is 0. The van der Waals surface area contributed by atoms with E-state index in [9.17, 15) is 14.7 Å². The van der Waals surface area contributed by atoms with Crippen LogP contribution in [-0.4, -0.2) is 40.2 Å². The maximum Gasteiger partial charge on any atom is 0.343 e. The predicted octanol–water partition coefficient (Wildman–Crippen LogP) is 2.06. The number of aromatic amines is 1. The van der Waals surface area contributed by atoms with Gasteiger partial charge in [0, 0.05) is 11.9 Å².